The summed E-state index contributed by atoms with van der Waals surface area (Å²) >= 11 is 0. The van der Waals surface area contributed by atoms with Crippen LogP contribution in [0.15, 0.2) is 53.6 Å². The van der Waals surface area contributed by atoms with Crippen molar-refractivity contribution in [3.8, 4) is 17.0 Å². The van der Waals surface area contributed by atoms with Gasteiger partial charge in [0, 0.05) is 17.2 Å². The normalized spacial score (nSPS) is 11.4. The minimum absolute atomic E-state index is 0.0394. The number of nitro groups is 1. The molecular formula is C22H24N4O5S. The molecule has 0 saturated heterocycles. The van der Waals surface area contributed by atoms with Crippen LogP contribution in [0.1, 0.15) is 25.1 Å². The van der Waals surface area contributed by atoms with Crippen LogP contribution in [-0.2, 0) is 16.4 Å². The molecule has 0 aliphatic rings. The Balaban J connectivity index is 2.08. The number of benzene rings is 2. The number of anilines is 1. The lowest BCUT2D eigenvalue weighted by atomic mass is 9.97. The van der Waals surface area contributed by atoms with E-state index in [1.54, 1.807) is 37.3 Å². The average Bonchev–Trinajstić information content (AvgIpc) is 2.74. The number of hydrogen-bond donors (Lipinski definition) is 1. The smallest absolute Gasteiger partial charge is 0.273 e. The Bertz CT molecular complexity index is 1260. The highest BCUT2D eigenvalue weighted by molar-refractivity contribution is 7.92. The van der Waals surface area contributed by atoms with Gasteiger partial charge in [-0.15, -0.1) is 0 Å². The summed E-state index contributed by atoms with van der Waals surface area (Å²) in [5.41, 5.74) is 1.89. The first-order chi connectivity index (χ1) is 15.1. The van der Waals surface area contributed by atoms with E-state index in [0.717, 1.165) is 0 Å². The average molecular weight is 457 g/mol. The molecule has 0 aliphatic carbocycles. The summed E-state index contributed by atoms with van der Waals surface area (Å²) in [5, 5.41) is 11.7. The van der Waals surface area contributed by atoms with Gasteiger partial charge in [0.25, 0.3) is 21.6 Å². The Labute approximate surface area is 186 Å². The van der Waals surface area contributed by atoms with E-state index in [2.05, 4.69) is 14.7 Å². The molecular weight excluding hydrogens is 432 g/mol. The lowest BCUT2D eigenvalue weighted by molar-refractivity contribution is -0.385. The molecule has 168 valence electrons. The summed E-state index contributed by atoms with van der Waals surface area (Å²) in [6.45, 7) is 5.67. The zero-order valence-electron chi connectivity index (χ0n) is 18.2. The second kappa shape index (κ2) is 9.31. The van der Waals surface area contributed by atoms with Crippen molar-refractivity contribution in [3.05, 3.63) is 70.0 Å². The van der Waals surface area contributed by atoms with E-state index in [-0.39, 0.29) is 28.2 Å². The van der Waals surface area contributed by atoms with Crippen molar-refractivity contribution in [2.24, 2.45) is 5.92 Å². The van der Waals surface area contributed by atoms with E-state index in [0.29, 0.717) is 28.8 Å². The minimum Gasteiger partial charge on any atom is -0.478 e. The number of sulfonamides is 1. The quantitative estimate of drug-likeness (QED) is 0.394. The van der Waals surface area contributed by atoms with Crippen LogP contribution in [-0.4, -0.2) is 30.4 Å². The van der Waals surface area contributed by atoms with E-state index in [1.165, 1.54) is 25.4 Å². The Hall–Kier alpha value is -3.53. The fraction of sp³-hybridized carbons (Fsp3) is 0.273. The number of nitrogens with one attached hydrogen (secondary N) is 1. The van der Waals surface area contributed by atoms with Gasteiger partial charge in [0.1, 0.15) is 0 Å². The zero-order valence-corrected chi connectivity index (χ0v) is 19.0. The van der Waals surface area contributed by atoms with Gasteiger partial charge in [-0.1, -0.05) is 44.2 Å². The highest BCUT2D eigenvalue weighted by atomic mass is 32.2. The van der Waals surface area contributed by atoms with Crippen LogP contribution in [0.25, 0.3) is 11.1 Å². The first-order valence-corrected chi connectivity index (χ1v) is 11.4. The molecule has 3 rings (SSSR count). The van der Waals surface area contributed by atoms with Crippen LogP contribution in [0, 0.1) is 23.0 Å². The van der Waals surface area contributed by atoms with Gasteiger partial charge in [-0.2, -0.15) is 0 Å². The molecule has 2 aromatic carbocycles. The van der Waals surface area contributed by atoms with Crippen molar-refractivity contribution >= 4 is 21.5 Å². The minimum atomic E-state index is -4.10. The van der Waals surface area contributed by atoms with Gasteiger partial charge >= 0.3 is 0 Å². The zero-order chi connectivity index (χ0) is 23.5. The van der Waals surface area contributed by atoms with Crippen molar-refractivity contribution in [1.29, 1.82) is 0 Å². The van der Waals surface area contributed by atoms with E-state index in [9.17, 15) is 18.5 Å². The molecule has 0 unspecified atom stereocenters. The second-order valence-electron chi connectivity index (χ2n) is 7.67. The van der Waals surface area contributed by atoms with Crippen molar-refractivity contribution < 1.29 is 18.1 Å². The van der Waals surface area contributed by atoms with Gasteiger partial charge in [-0.25, -0.2) is 18.4 Å². The monoisotopic (exact) mass is 456 g/mol. The second-order valence-corrected chi connectivity index (χ2v) is 9.32. The number of nitro benzene ring substituents is 1. The van der Waals surface area contributed by atoms with Crippen LogP contribution in [0.2, 0.25) is 0 Å². The molecule has 0 amide bonds. The molecule has 0 atom stereocenters. The maximum Gasteiger partial charge on any atom is 0.273 e. The maximum absolute atomic E-state index is 13.2. The molecule has 32 heavy (non-hydrogen) atoms. The van der Waals surface area contributed by atoms with Gasteiger partial charge in [0.15, 0.2) is 0 Å². The van der Waals surface area contributed by atoms with Gasteiger partial charge in [0.2, 0.25) is 5.82 Å². The van der Waals surface area contributed by atoms with E-state index in [1.807, 2.05) is 13.8 Å². The van der Waals surface area contributed by atoms with Gasteiger partial charge in [0.05, 0.1) is 28.8 Å². The lowest BCUT2D eigenvalue weighted by Gasteiger charge is -2.14. The first kappa shape index (κ1) is 23.1. The van der Waals surface area contributed by atoms with Gasteiger partial charge < -0.3 is 4.74 Å². The van der Waals surface area contributed by atoms with Crippen LogP contribution >= 0.6 is 0 Å². The van der Waals surface area contributed by atoms with Crippen LogP contribution in [0.5, 0.6) is 5.88 Å². The van der Waals surface area contributed by atoms with E-state index >= 15 is 0 Å². The fourth-order valence-electron chi connectivity index (χ4n) is 3.30. The third-order valence-corrected chi connectivity index (χ3v) is 6.08. The largest absolute Gasteiger partial charge is 0.478 e. The van der Waals surface area contributed by atoms with Gasteiger partial charge in [-0.3, -0.25) is 14.8 Å². The number of rotatable bonds is 8. The predicted octanol–water partition coefficient (Wildman–Crippen LogP) is 4.37. The fourth-order valence-corrected chi connectivity index (χ4v) is 4.54. The Morgan fingerprint density at radius 1 is 1.19 bits per heavy atom. The molecule has 0 saturated carbocycles. The molecule has 10 heteroatoms. The Morgan fingerprint density at radius 3 is 2.56 bits per heavy atom. The number of methoxy groups -OCH3 is 1. The summed E-state index contributed by atoms with van der Waals surface area (Å²) in [5.74, 6) is 0.230. The van der Waals surface area contributed by atoms with Crippen LogP contribution in [0.3, 0.4) is 0 Å². The van der Waals surface area contributed by atoms with Crippen LogP contribution < -0.4 is 9.46 Å². The molecule has 3 aromatic rings. The summed E-state index contributed by atoms with van der Waals surface area (Å²) in [6.07, 6.45) is 1.97. The summed E-state index contributed by atoms with van der Waals surface area (Å²) < 4.78 is 34.0. The van der Waals surface area contributed by atoms with Crippen molar-refractivity contribution in [2.75, 3.05) is 11.8 Å². The number of hydrogen-bond acceptors (Lipinski definition) is 7. The standard InChI is InChI=1S/C22H24N4O5S/c1-14(2)11-17-10-9-16(12-19(17)26(27)28)18-7-5-6-8-20(18)32(29,30)25-21-22(31-4)24-15(3)13-23-21/h5-10,12-14H,11H2,1-4H3,(H,23,25). The molecule has 9 nitrogen and oxygen atoms in total. The maximum atomic E-state index is 13.2. The molecule has 0 aliphatic heterocycles. The SMILES string of the molecule is COc1nc(C)cnc1NS(=O)(=O)c1ccccc1-c1ccc(CC(C)C)c([N+](=O)[O-])c1. The molecule has 1 heterocycles. The summed E-state index contributed by atoms with van der Waals surface area (Å²) in [4.78, 5) is 19.4. The highest BCUT2D eigenvalue weighted by Crippen LogP contribution is 2.33. The molecule has 0 spiro atoms. The lowest BCUT2D eigenvalue weighted by Crippen LogP contribution is -2.16. The Kier molecular flexibility index (Phi) is 6.73. The first-order valence-electron chi connectivity index (χ1n) is 9.89. The molecule has 0 radical (unpaired) electrons. The van der Waals surface area contributed by atoms with E-state index < -0.39 is 14.9 Å². The molecule has 0 fully saturated rings. The molecule has 1 N–H and O–H groups in total. The predicted molar refractivity (Wildman–Crippen MR) is 121 cm³/mol. The van der Waals surface area contributed by atoms with Crippen molar-refractivity contribution in [1.82, 2.24) is 9.97 Å². The van der Waals surface area contributed by atoms with Crippen LogP contribution in [0.4, 0.5) is 11.5 Å². The molecule has 1 aromatic heterocycles. The topological polar surface area (TPSA) is 124 Å². The van der Waals surface area contributed by atoms with Gasteiger partial charge in [-0.05, 0) is 30.9 Å². The summed E-state index contributed by atoms with van der Waals surface area (Å²) in [7, 11) is -2.73. The highest BCUT2D eigenvalue weighted by Gasteiger charge is 2.24. The van der Waals surface area contributed by atoms with E-state index in [4.69, 9.17) is 4.74 Å². The third-order valence-electron chi connectivity index (χ3n) is 4.68. The molecule has 0 bridgehead atoms. The third kappa shape index (κ3) is 5.02. The Morgan fingerprint density at radius 2 is 1.91 bits per heavy atom. The number of ether oxygens (including phenoxy) is 1. The van der Waals surface area contributed by atoms with Crippen molar-refractivity contribution in [3.63, 3.8) is 0 Å². The number of aryl methyl sites for hydroxylation is 1. The summed E-state index contributed by atoms with van der Waals surface area (Å²) in [6, 6.07) is 11.1. The number of nitrogens with zero attached hydrogens (tertiary/aromatic N) is 3. The number of aromatic nitrogens is 2. The van der Waals surface area contributed by atoms with Crippen molar-refractivity contribution in [2.45, 2.75) is 32.1 Å².